The minimum atomic E-state index is -1.07. The fraction of sp³-hybridized carbons (Fsp3) is 0.188. The normalized spacial score (nSPS) is 21.1. The van der Waals surface area contributed by atoms with E-state index in [1.54, 1.807) is 43.6 Å². The third kappa shape index (κ3) is 2.04. The highest BCUT2D eigenvalue weighted by molar-refractivity contribution is 6.07. The summed E-state index contributed by atoms with van der Waals surface area (Å²) >= 11 is 0. The molecule has 1 aromatic carbocycles. The molecule has 5 nitrogen and oxygen atoms in total. The molecule has 0 bridgehead atoms. The van der Waals surface area contributed by atoms with Crippen molar-refractivity contribution in [3.63, 3.8) is 0 Å². The van der Waals surface area contributed by atoms with Gasteiger partial charge in [0.05, 0.1) is 0 Å². The highest BCUT2D eigenvalue weighted by Gasteiger charge is 2.45. The van der Waals surface area contributed by atoms with Crippen molar-refractivity contribution in [2.45, 2.75) is 12.5 Å². The van der Waals surface area contributed by atoms with Crippen LogP contribution in [0.3, 0.4) is 0 Å². The van der Waals surface area contributed by atoms with Gasteiger partial charge in [-0.15, -0.1) is 0 Å². The second kappa shape index (κ2) is 4.91. The zero-order valence-electron chi connectivity index (χ0n) is 12.2. The number of hydrogen-bond acceptors (Lipinski definition) is 3. The van der Waals surface area contributed by atoms with Crippen LogP contribution in [0.4, 0.5) is 4.39 Å². The van der Waals surface area contributed by atoms with Crippen LogP contribution in [0.15, 0.2) is 42.7 Å². The van der Waals surface area contributed by atoms with Gasteiger partial charge in [-0.2, -0.15) is 0 Å². The van der Waals surface area contributed by atoms with Crippen LogP contribution in [-0.4, -0.2) is 28.8 Å². The minimum Gasteiger partial charge on any atom is -0.338 e. The average molecular weight is 298 g/mol. The van der Waals surface area contributed by atoms with Crippen molar-refractivity contribution in [1.82, 2.24) is 15.2 Å². The molecule has 2 N–H and O–H groups in total. The molecule has 1 unspecified atom stereocenters. The monoisotopic (exact) mass is 298 g/mol. The number of rotatable bonds is 2. The molecular formula is C16H15FN4O. The van der Waals surface area contributed by atoms with Crippen LogP contribution < -0.4 is 5.32 Å². The van der Waals surface area contributed by atoms with E-state index in [0.29, 0.717) is 16.7 Å². The summed E-state index contributed by atoms with van der Waals surface area (Å²) in [6.07, 6.45) is 3.19. The molecule has 2 heterocycles. The average Bonchev–Trinajstić information content (AvgIpc) is 2.73. The van der Waals surface area contributed by atoms with Crippen LogP contribution >= 0.6 is 0 Å². The number of benzene rings is 1. The number of amides is 1. The molecule has 1 aliphatic heterocycles. The standard InChI is InChI=1S/C16H15FN4O/c1-16(14(22)21(2)15(18)20-16)11-5-6-13(17)12(8-11)10-4-3-7-19-9-10/h3-9H,1-2H3,(H2,18,20). The largest absolute Gasteiger partial charge is 0.338 e. The summed E-state index contributed by atoms with van der Waals surface area (Å²) in [5.74, 6) is -0.602. The lowest BCUT2D eigenvalue weighted by Crippen LogP contribution is -2.40. The van der Waals surface area contributed by atoms with Crippen molar-refractivity contribution in [1.29, 1.82) is 5.41 Å². The van der Waals surface area contributed by atoms with Crippen molar-refractivity contribution in [2.75, 3.05) is 7.05 Å². The second-order valence-electron chi connectivity index (χ2n) is 5.40. The van der Waals surface area contributed by atoms with Crippen molar-refractivity contribution in [3.05, 3.63) is 54.1 Å². The van der Waals surface area contributed by atoms with Gasteiger partial charge in [-0.05, 0) is 30.7 Å². The Labute approximate surface area is 127 Å². The minimum absolute atomic E-state index is 0.0275. The van der Waals surface area contributed by atoms with Crippen LogP contribution in [-0.2, 0) is 10.3 Å². The molecule has 112 valence electrons. The van der Waals surface area contributed by atoms with Crippen LogP contribution in [0.1, 0.15) is 12.5 Å². The molecule has 6 heteroatoms. The van der Waals surface area contributed by atoms with E-state index in [1.165, 1.54) is 18.0 Å². The number of aromatic nitrogens is 1. The smallest absolute Gasteiger partial charge is 0.259 e. The van der Waals surface area contributed by atoms with Crippen LogP contribution in [0, 0.1) is 11.2 Å². The summed E-state index contributed by atoms with van der Waals surface area (Å²) in [6, 6.07) is 8.01. The van der Waals surface area contributed by atoms with Crippen LogP contribution in [0.2, 0.25) is 0 Å². The third-order valence-electron chi connectivity index (χ3n) is 3.95. The summed E-state index contributed by atoms with van der Waals surface area (Å²) in [6.45, 7) is 1.69. The third-order valence-corrected chi connectivity index (χ3v) is 3.95. The van der Waals surface area contributed by atoms with E-state index in [9.17, 15) is 9.18 Å². The Morgan fingerprint density at radius 2 is 2.14 bits per heavy atom. The molecule has 1 fully saturated rings. The van der Waals surface area contributed by atoms with E-state index in [4.69, 9.17) is 5.41 Å². The fourth-order valence-electron chi connectivity index (χ4n) is 2.59. The predicted octanol–water partition coefficient (Wildman–Crippen LogP) is 2.10. The van der Waals surface area contributed by atoms with Gasteiger partial charge in [-0.1, -0.05) is 12.1 Å². The summed E-state index contributed by atoms with van der Waals surface area (Å²) < 4.78 is 14.1. The number of nitrogens with zero attached hydrogens (tertiary/aromatic N) is 2. The molecule has 1 amide bonds. The van der Waals surface area contributed by atoms with E-state index in [-0.39, 0.29) is 17.7 Å². The Morgan fingerprint density at radius 3 is 2.73 bits per heavy atom. The first kappa shape index (κ1) is 14.2. The first-order chi connectivity index (χ1) is 10.4. The van der Waals surface area contributed by atoms with E-state index < -0.39 is 5.54 Å². The number of pyridine rings is 1. The molecule has 1 aliphatic rings. The van der Waals surface area contributed by atoms with Gasteiger partial charge >= 0.3 is 0 Å². The van der Waals surface area contributed by atoms with Gasteiger partial charge in [0.15, 0.2) is 5.96 Å². The lowest BCUT2D eigenvalue weighted by Gasteiger charge is -2.23. The molecule has 3 rings (SSSR count). The molecule has 1 saturated heterocycles. The van der Waals surface area contributed by atoms with Gasteiger partial charge in [0.2, 0.25) is 0 Å². The summed E-state index contributed by atoms with van der Waals surface area (Å²) in [5.41, 5.74) is 0.546. The van der Waals surface area contributed by atoms with Crippen molar-refractivity contribution in [2.24, 2.45) is 0 Å². The maximum Gasteiger partial charge on any atom is 0.259 e. The lowest BCUT2D eigenvalue weighted by molar-refractivity contribution is -0.129. The zero-order chi connectivity index (χ0) is 15.9. The highest BCUT2D eigenvalue weighted by Crippen LogP contribution is 2.32. The van der Waals surface area contributed by atoms with E-state index in [1.807, 2.05) is 0 Å². The number of nitrogens with one attached hydrogen (secondary N) is 2. The molecule has 0 aliphatic carbocycles. The predicted molar refractivity (Wildman–Crippen MR) is 80.6 cm³/mol. The van der Waals surface area contributed by atoms with Crippen LogP contribution in [0.5, 0.6) is 0 Å². The molecule has 2 aromatic rings. The summed E-state index contributed by atoms with van der Waals surface area (Å²) in [4.78, 5) is 17.6. The Bertz CT molecular complexity index is 762. The van der Waals surface area contributed by atoms with Gasteiger partial charge in [0, 0.05) is 30.6 Å². The summed E-state index contributed by atoms with van der Waals surface area (Å²) in [5, 5.41) is 10.6. The maximum absolute atomic E-state index is 14.1. The van der Waals surface area contributed by atoms with Crippen molar-refractivity contribution < 1.29 is 9.18 Å². The Hall–Kier alpha value is -2.76. The van der Waals surface area contributed by atoms with Gasteiger partial charge in [0.1, 0.15) is 11.4 Å². The molecular weight excluding hydrogens is 283 g/mol. The van der Waals surface area contributed by atoms with E-state index in [2.05, 4.69) is 10.3 Å². The quantitative estimate of drug-likeness (QED) is 0.892. The topological polar surface area (TPSA) is 69.1 Å². The highest BCUT2D eigenvalue weighted by atomic mass is 19.1. The maximum atomic E-state index is 14.1. The lowest BCUT2D eigenvalue weighted by atomic mass is 9.89. The van der Waals surface area contributed by atoms with Gasteiger partial charge in [-0.3, -0.25) is 20.1 Å². The molecule has 22 heavy (non-hydrogen) atoms. The van der Waals surface area contributed by atoms with Gasteiger partial charge in [-0.25, -0.2) is 4.39 Å². The number of carbonyl (C=O) groups excluding carboxylic acids is 1. The van der Waals surface area contributed by atoms with Crippen molar-refractivity contribution >= 4 is 11.9 Å². The molecule has 0 spiro atoms. The summed E-state index contributed by atoms with van der Waals surface area (Å²) in [7, 11) is 1.54. The Kier molecular flexibility index (Phi) is 3.16. The Morgan fingerprint density at radius 1 is 1.36 bits per heavy atom. The molecule has 1 atom stereocenters. The number of hydrogen-bond donors (Lipinski definition) is 2. The van der Waals surface area contributed by atoms with Gasteiger partial charge in [0.25, 0.3) is 5.91 Å². The number of halogens is 1. The molecule has 0 radical (unpaired) electrons. The first-order valence-corrected chi connectivity index (χ1v) is 6.79. The second-order valence-corrected chi connectivity index (χ2v) is 5.40. The van der Waals surface area contributed by atoms with Gasteiger partial charge < -0.3 is 5.32 Å². The number of likely N-dealkylation sites (N-methyl/N-ethyl adjacent to an activating group) is 1. The van der Waals surface area contributed by atoms with E-state index >= 15 is 0 Å². The SMILES string of the molecule is CN1C(=N)NC(C)(c2ccc(F)c(-c3cccnc3)c2)C1=O. The number of carbonyl (C=O) groups is 1. The van der Waals surface area contributed by atoms with E-state index in [0.717, 1.165) is 0 Å². The first-order valence-electron chi connectivity index (χ1n) is 6.79. The fourth-order valence-corrected chi connectivity index (χ4v) is 2.59. The molecule has 0 saturated carbocycles. The number of guanidine groups is 1. The molecule has 1 aromatic heterocycles. The van der Waals surface area contributed by atoms with Crippen molar-refractivity contribution in [3.8, 4) is 11.1 Å². The Balaban J connectivity index is 2.11. The zero-order valence-corrected chi connectivity index (χ0v) is 12.2. The van der Waals surface area contributed by atoms with Crippen LogP contribution in [0.25, 0.3) is 11.1 Å².